The fourth-order valence-corrected chi connectivity index (χ4v) is 1.77. The molecule has 0 unspecified atom stereocenters. The number of benzene rings is 1. The maximum absolute atomic E-state index is 11.9. The first-order valence-corrected chi connectivity index (χ1v) is 6.30. The first-order valence-electron chi connectivity index (χ1n) is 6.30. The highest BCUT2D eigenvalue weighted by atomic mass is 16.2. The molecule has 1 aromatic carbocycles. The minimum atomic E-state index is -0.526. The van der Waals surface area contributed by atoms with Gasteiger partial charge in [0.1, 0.15) is 5.82 Å². The molecule has 110 valence electrons. The Labute approximate surface area is 120 Å². The molecule has 2 aromatic rings. The first kappa shape index (κ1) is 14.6. The highest BCUT2D eigenvalue weighted by Gasteiger charge is 2.09. The van der Waals surface area contributed by atoms with Gasteiger partial charge >= 0.3 is 11.7 Å². The van der Waals surface area contributed by atoms with E-state index < -0.39 is 17.3 Å². The van der Waals surface area contributed by atoms with Crippen molar-refractivity contribution in [3.8, 4) is 0 Å². The van der Waals surface area contributed by atoms with Crippen LogP contribution in [0.25, 0.3) is 0 Å². The van der Waals surface area contributed by atoms with Gasteiger partial charge in [-0.3, -0.25) is 19.2 Å². The topological polar surface area (TPSA) is 85.1 Å². The Morgan fingerprint density at radius 1 is 1.00 bits per heavy atom. The van der Waals surface area contributed by atoms with Gasteiger partial charge in [-0.25, -0.2) is 9.59 Å². The van der Waals surface area contributed by atoms with Crippen LogP contribution >= 0.6 is 0 Å². The second-order valence-corrected chi connectivity index (χ2v) is 4.71. The van der Waals surface area contributed by atoms with Gasteiger partial charge in [-0.1, -0.05) is 17.7 Å². The summed E-state index contributed by atoms with van der Waals surface area (Å²) in [4.78, 5) is 35.2. The molecule has 7 nitrogen and oxygen atoms in total. The van der Waals surface area contributed by atoms with E-state index in [1.54, 1.807) is 12.1 Å². The summed E-state index contributed by atoms with van der Waals surface area (Å²) in [5.74, 6) is 0.132. The Morgan fingerprint density at radius 2 is 1.62 bits per heavy atom. The molecule has 0 saturated heterocycles. The number of rotatable bonds is 2. The second-order valence-electron chi connectivity index (χ2n) is 4.71. The molecule has 0 atom stereocenters. The lowest BCUT2D eigenvalue weighted by molar-refractivity contribution is 0.262. The van der Waals surface area contributed by atoms with E-state index in [0.29, 0.717) is 5.69 Å². The molecule has 21 heavy (non-hydrogen) atoms. The number of nitrogens with zero attached hydrogens (tertiary/aromatic N) is 2. The lowest BCUT2D eigenvalue weighted by Gasteiger charge is -2.11. The van der Waals surface area contributed by atoms with Gasteiger partial charge in [0.2, 0.25) is 0 Å². The zero-order valence-electron chi connectivity index (χ0n) is 12.0. The average molecular weight is 288 g/mol. The number of carbonyl (C=O) groups is 1. The average Bonchev–Trinajstić information content (AvgIpc) is 2.45. The van der Waals surface area contributed by atoms with Crippen molar-refractivity contribution in [1.29, 1.82) is 0 Å². The van der Waals surface area contributed by atoms with Crippen molar-refractivity contribution >= 4 is 17.5 Å². The summed E-state index contributed by atoms with van der Waals surface area (Å²) in [6, 6.07) is 7.92. The molecule has 7 heteroatoms. The Morgan fingerprint density at radius 3 is 2.24 bits per heavy atom. The zero-order chi connectivity index (χ0) is 15.6. The van der Waals surface area contributed by atoms with Crippen LogP contribution in [-0.2, 0) is 14.1 Å². The van der Waals surface area contributed by atoms with E-state index in [4.69, 9.17) is 0 Å². The number of carbonyl (C=O) groups excluding carboxylic acids is 1. The van der Waals surface area contributed by atoms with Crippen LogP contribution in [0.15, 0.2) is 39.9 Å². The predicted molar refractivity (Wildman–Crippen MR) is 80.7 cm³/mol. The van der Waals surface area contributed by atoms with Crippen molar-refractivity contribution < 1.29 is 4.79 Å². The SMILES string of the molecule is Cc1ccc(NC(=O)Nc2cc(=O)n(C)c(=O)n2C)cc1. The van der Waals surface area contributed by atoms with E-state index in [-0.39, 0.29) is 5.82 Å². The monoisotopic (exact) mass is 288 g/mol. The zero-order valence-corrected chi connectivity index (χ0v) is 12.0. The molecule has 1 heterocycles. The van der Waals surface area contributed by atoms with Gasteiger partial charge in [0.25, 0.3) is 5.56 Å². The molecule has 2 N–H and O–H groups in total. The fourth-order valence-electron chi connectivity index (χ4n) is 1.77. The summed E-state index contributed by atoms with van der Waals surface area (Å²) < 4.78 is 2.15. The van der Waals surface area contributed by atoms with E-state index in [1.165, 1.54) is 24.7 Å². The van der Waals surface area contributed by atoms with Gasteiger partial charge < -0.3 is 5.32 Å². The van der Waals surface area contributed by atoms with E-state index in [1.807, 2.05) is 19.1 Å². The highest BCUT2D eigenvalue weighted by Crippen LogP contribution is 2.09. The van der Waals surface area contributed by atoms with E-state index in [0.717, 1.165) is 10.1 Å². The first-order chi connectivity index (χ1) is 9.88. The summed E-state index contributed by atoms with van der Waals surface area (Å²) in [6.07, 6.45) is 0. The second kappa shape index (κ2) is 5.66. The van der Waals surface area contributed by atoms with Crippen LogP contribution in [0.1, 0.15) is 5.56 Å². The largest absolute Gasteiger partial charge is 0.332 e. The van der Waals surface area contributed by atoms with Crippen LogP contribution in [-0.4, -0.2) is 15.2 Å². The third kappa shape index (κ3) is 3.19. The van der Waals surface area contributed by atoms with Crippen molar-refractivity contribution in [3.63, 3.8) is 0 Å². The molecule has 0 aliphatic rings. The van der Waals surface area contributed by atoms with Crippen LogP contribution in [0.2, 0.25) is 0 Å². The maximum atomic E-state index is 11.9. The lowest BCUT2D eigenvalue weighted by Crippen LogP contribution is -2.38. The van der Waals surface area contributed by atoms with Crippen LogP contribution in [0, 0.1) is 6.92 Å². The standard InChI is InChI=1S/C14H16N4O3/c1-9-4-6-10(7-5-9)15-13(20)16-11-8-12(19)18(3)14(21)17(11)2/h4-8H,1-3H3,(H2,15,16,20). The quantitative estimate of drug-likeness (QED) is 0.865. The Bertz CT molecular complexity index is 787. The highest BCUT2D eigenvalue weighted by molar-refractivity contribution is 5.99. The number of anilines is 2. The Kier molecular flexibility index (Phi) is 3.93. The fraction of sp³-hybridized carbons (Fsp3) is 0.214. The van der Waals surface area contributed by atoms with Gasteiger partial charge in [0.05, 0.1) is 0 Å². The number of hydrogen-bond donors (Lipinski definition) is 2. The molecular formula is C14H16N4O3. The van der Waals surface area contributed by atoms with E-state index in [2.05, 4.69) is 10.6 Å². The Hall–Kier alpha value is -2.83. The minimum Gasteiger partial charge on any atom is -0.308 e. The Balaban J connectivity index is 2.19. The number of amides is 2. The molecule has 1 aromatic heterocycles. The van der Waals surface area contributed by atoms with Crippen molar-refractivity contribution in [1.82, 2.24) is 9.13 Å². The summed E-state index contributed by atoms with van der Waals surface area (Å²) in [5, 5.41) is 5.11. The third-order valence-electron chi connectivity index (χ3n) is 3.08. The van der Waals surface area contributed by atoms with Crippen LogP contribution in [0.4, 0.5) is 16.3 Å². The summed E-state index contributed by atoms with van der Waals surface area (Å²) in [6.45, 7) is 1.94. The van der Waals surface area contributed by atoms with Gasteiger partial charge in [0.15, 0.2) is 0 Å². The third-order valence-corrected chi connectivity index (χ3v) is 3.08. The van der Waals surface area contributed by atoms with Crippen LogP contribution < -0.4 is 21.9 Å². The summed E-state index contributed by atoms with van der Waals surface area (Å²) in [7, 11) is 2.85. The predicted octanol–water partition coefficient (Wildman–Crippen LogP) is 1.04. The maximum Gasteiger partial charge on any atom is 0.332 e. The van der Waals surface area contributed by atoms with Crippen molar-refractivity contribution in [3.05, 3.63) is 56.7 Å². The number of nitrogens with one attached hydrogen (secondary N) is 2. The normalized spacial score (nSPS) is 10.2. The molecular weight excluding hydrogens is 272 g/mol. The minimum absolute atomic E-state index is 0.132. The molecule has 0 radical (unpaired) electrons. The number of hydrogen-bond acceptors (Lipinski definition) is 3. The van der Waals surface area contributed by atoms with Crippen molar-refractivity contribution in [2.75, 3.05) is 10.6 Å². The number of aromatic nitrogens is 2. The van der Waals surface area contributed by atoms with Gasteiger partial charge in [-0.2, -0.15) is 0 Å². The number of urea groups is 1. The van der Waals surface area contributed by atoms with Crippen LogP contribution in [0.5, 0.6) is 0 Å². The lowest BCUT2D eigenvalue weighted by atomic mass is 10.2. The van der Waals surface area contributed by atoms with Gasteiger partial charge in [0, 0.05) is 25.8 Å². The van der Waals surface area contributed by atoms with Crippen LogP contribution in [0.3, 0.4) is 0 Å². The molecule has 2 rings (SSSR count). The molecule has 2 amide bonds. The van der Waals surface area contributed by atoms with Crippen molar-refractivity contribution in [2.45, 2.75) is 6.92 Å². The van der Waals surface area contributed by atoms with Gasteiger partial charge in [-0.15, -0.1) is 0 Å². The molecule has 0 bridgehead atoms. The summed E-state index contributed by atoms with van der Waals surface area (Å²) >= 11 is 0. The smallest absolute Gasteiger partial charge is 0.308 e. The van der Waals surface area contributed by atoms with E-state index in [9.17, 15) is 14.4 Å². The number of aryl methyl sites for hydroxylation is 1. The molecule has 0 aliphatic heterocycles. The van der Waals surface area contributed by atoms with Crippen molar-refractivity contribution in [2.24, 2.45) is 14.1 Å². The van der Waals surface area contributed by atoms with Gasteiger partial charge in [-0.05, 0) is 19.1 Å². The molecule has 0 aliphatic carbocycles. The van der Waals surface area contributed by atoms with E-state index >= 15 is 0 Å². The summed E-state index contributed by atoms with van der Waals surface area (Å²) in [5.41, 5.74) is 0.707. The molecule has 0 spiro atoms. The molecule has 0 saturated carbocycles. The molecule has 0 fully saturated rings.